The zero-order valence-electron chi connectivity index (χ0n) is 17.4. The van der Waals surface area contributed by atoms with Crippen LogP contribution in [0.4, 0.5) is 0 Å². The molecule has 5 rings (SSSR count). The monoisotopic (exact) mass is 411 g/mol. The maximum absolute atomic E-state index is 13.2. The molecule has 5 heterocycles. The summed E-state index contributed by atoms with van der Waals surface area (Å²) in [4.78, 5) is 30.4. The number of aryl methyl sites for hydroxylation is 1. The summed E-state index contributed by atoms with van der Waals surface area (Å²) in [5.74, 6) is 0.474. The molecular formula is C22H29N5O3. The number of aliphatic hydroxyl groups excluding tert-OH is 1. The molecule has 2 saturated heterocycles. The molecule has 0 spiro atoms. The number of aromatic nitrogens is 3. The van der Waals surface area contributed by atoms with E-state index >= 15 is 0 Å². The molecule has 2 aromatic rings. The first-order valence-electron chi connectivity index (χ1n) is 10.9. The number of likely N-dealkylation sites (tertiary alicyclic amines) is 2. The van der Waals surface area contributed by atoms with Gasteiger partial charge >= 0.3 is 0 Å². The van der Waals surface area contributed by atoms with Crippen LogP contribution in [-0.4, -0.2) is 67.9 Å². The van der Waals surface area contributed by atoms with E-state index in [4.69, 9.17) is 0 Å². The second-order valence-corrected chi connectivity index (χ2v) is 9.08. The first kappa shape index (κ1) is 19.5. The molecule has 0 aromatic carbocycles. The van der Waals surface area contributed by atoms with Crippen molar-refractivity contribution in [2.75, 3.05) is 26.2 Å². The van der Waals surface area contributed by atoms with Crippen LogP contribution in [-0.2, 0) is 13.1 Å². The summed E-state index contributed by atoms with van der Waals surface area (Å²) in [6, 6.07) is 3.52. The number of H-pyrrole nitrogens is 1. The number of hydrogen-bond acceptors (Lipinski definition) is 5. The largest absolute Gasteiger partial charge is 0.394 e. The van der Waals surface area contributed by atoms with Crippen molar-refractivity contribution >= 4 is 5.91 Å². The van der Waals surface area contributed by atoms with Crippen molar-refractivity contribution in [3.8, 4) is 0 Å². The van der Waals surface area contributed by atoms with Crippen molar-refractivity contribution in [1.29, 1.82) is 0 Å². The van der Waals surface area contributed by atoms with Gasteiger partial charge in [-0.1, -0.05) is 0 Å². The second-order valence-electron chi connectivity index (χ2n) is 9.08. The molecule has 160 valence electrons. The lowest BCUT2D eigenvalue weighted by Gasteiger charge is -2.43. The number of aromatic amines is 1. The van der Waals surface area contributed by atoms with Crippen LogP contribution in [0.3, 0.4) is 0 Å². The Morgan fingerprint density at radius 1 is 1.30 bits per heavy atom. The van der Waals surface area contributed by atoms with Gasteiger partial charge in [0.15, 0.2) is 0 Å². The first-order chi connectivity index (χ1) is 14.5. The Labute approximate surface area is 175 Å². The van der Waals surface area contributed by atoms with Crippen LogP contribution in [0.15, 0.2) is 23.1 Å². The molecule has 2 aromatic heterocycles. The summed E-state index contributed by atoms with van der Waals surface area (Å²) in [7, 11) is 0. The number of fused-ring (bicyclic) bond motifs is 4. The van der Waals surface area contributed by atoms with E-state index in [1.807, 2.05) is 23.8 Å². The number of pyridine rings is 1. The van der Waals surface area contributed by atoms with Crippen LogP contribution >= 0.6 is 0 Å². The van der Waals surface area contributed by atoms with Crippen LogP contribution in [0.1, 0.15) is 52.5 Å². The van der Waals surface area contributed by atoms with Crippen LogP contribution in [0.25, 0.3) is 0 Å². The molecule has 2 N–H and O–H groups in total. The van der Waals surface area contributed by atoms with Crippen molar-refractivity contribution in [3.63, 3.8) is 0 Å². The minimum Gasteiger partial charge on any atom is -0.394 e. The Kier molecular flexibility index (Phi) is 4.99. The zero-order chi connectivity index (χ0) is 20.8. The van der Waals surface area contributed by atoms with E-state index in [-0.39, 0.29) is 29.7 Å². The zero-order valence-corrected chi connectivity index (χ0v) is 17.4. The molecule has 3 atom stereocenters. The van der Waals surface area contributed by atoms with Gasteiger partial charge in [-0.2, -0.15) is 5.10 Å². The normalized spacial score (nSPS) is 26.1. The van der Waals surface area contributed by atoms with Crippen LogP contribution < -0.4 is 5.56 Å². The molecule has 2 bridgehead atoms. The predicted molar refractivity (Wildman–Crippen MR) is 111 cm³/mol. The number of rotatable bonds is 4. The fourth-order valence-electron chi connectivity index (χ4n) is 5.56. The lowest BCUT2D eigenvalue weighted by atomic mass is 9.82. The second kappa shape index (κ2) is 7.67. The topological polar surface area (TPSA) is 94.5 Å². The van der Waals surface area contributed by atoms with Gasteiger partial charge in [0.05, 0.1) is 18.8 Å². The Bertz CT molecular complexity index is 1010. The third kappa shape index (κ3) is 3.28. The number of aliphatic hydroxyl groups is 1. The molecule has 3 aliphatic heterocycles. The van der Waals surface area contributed by atoms with E-state index in [1.54, 1.807) is 11.0 Å². The minimum atomic E-state index is -0.236. The molecule has 0 unspecified atom stereocenters. The number of nitrogens with zero attached hydrogens (tertiary/aromatic N) is 4. The van der Waals surface area contributed by atoms with Crippen molar-refractivity contribution < 1.29 is 9.90 Å². The molecule has 8 heteroatoms. The third-order valence-electron chi connectivity index (χ3n) is 7.09. The molecule has 1 amide bonds. The quantitative estimate of drug-likeness (QED) is 0.786. The molecular weight excluding hydrogens is 382 g/mol. The van der Waals surface area contributed by atoms with Gasteiger partial charge in [0.2, 0.25) is 0 Å². The van der Waals surface area contributed by atoms with E-state index < -0.39 is 0 Å². The maximum Gasteiger partial charge on any atom is 0.263 e. The minimum absolute atomic E-state index is 0.0475. The van der Waals surface area contributed by atoms with Crippen LogP contribution in [0.2, 0.25) is 0 Å². The van der Waals surface area contributed by atoms with Gasteiger partial charge in [0.1, 0.15) is 5.56 Å². The standard InChI is InChI=1S/C22H29N5O3/c1-14-17(8-23-24-14)12-25-9-15-7-16(11-25)20-5-4-19(22(30)27(20)10-15)21(29)26-6-2-3-18(26)13-28/h4-5,8,15-16,18,28H,2-3,6-7,9-13H2,1H3,(H,23,24)/t15-,16+,18-/m0/s1. The highest BCUT2D eigenvalue weighted by Gasteiger charge is 2.37. The molecule has 0 saturated carbocycles. The Morgan fingerprint density at radius 3 is 2.93 bits per heavy atom. The molecule has 30 heavy (non-hydrogen) atoms. The van der Waals surface area contributed by atoms with E-state index in [0.717, 1.165) is 50.3 Å². The van der Waals surface area contributed by atoms with Gasteiger partial charge in [-0.15, -0.1) is 0 Å². The highest BCUT2D eigenvalue weighted by Crippen LogP contribution is 2.36. The average Bonchev–Trinajstić information content (AvgIpc) is 3.37. The first-order valence-corrected chi connectivity index (χ1v) is 10.9. The van der Waals surface area contributed by atoms with Crippen LogP contribution in [0, 0.1) is 12.8 Å². The summed E-state index contributed by atoms with van der Waals surface area (Å²) in [6.45, 7) is 6.00. The smallest absolute Gasteiger partial charge is 0.263 e. The molecule has 8 nitrogen and oxygen atoms in total. The summed E-state index contributed by atoms with van der Waals surface area (Å²) in [5.41, 5.74) is 3.44. The van der Waals surface area contributed by atoms with Crippen molar-refractivity contribution in [2.45, 2.75) is 51.2 Å². The van der Waals surface area contributed by atoms with Gasteiger partial charge in [0.25, 0.3) is 11.5 Å². The average molecular weight is 412 g/mol. The Morgan fingerprint density at radius 2 is 2.17 bits per heavy atom. The Hall–Kier alpha value is -2.45. The lowest BCUT2D eigenvalue weighted by Crippen LogP contribution is -2.48. The van der Waals surface area contributed by atoms with Gasteiger partial charge in [0, 0.05) is 55.6 Å². The maximum atomic E-state index is 13.2. The number of hydrogen-bond donors (Lipinski definition) is 2. The van der Waals surface area contributed by atoms with E-state index in [1.165, 1.54) is 5.56 Å². The summed E-state index contributed by atoms with van der Waals surface area (Å²) in [5, 5.41) is 16.7. The number of piperidine rings is 1. The van der Waals surface area contributed by atoms with Crippen molar-refractivity contribution in [1.82, 2.24) is 24.6 Å². The number of carbonyl (C=O) groups is 1. The van der Waals surface area contributed by atoms with E-state index in [2.05, 4.69) is 15.1 Å². The van der Waals surface area contributed by atoms with Crippen molar-refractivity contribution in [2.24, 2.45) is 5.92 Å². The number of carbonyl (C=O) groups excluding carboxylic acids is 1. The van der Waals surface area contributed by atoms with E-state index in [0.29, 0.717) is 24.9 Å². The van der Waals surface area contributed by atoms with Crippen LogP contribution in [0.5, 0.6) is 0 Å². The Balaban J connectivity index is 1.39. The SMILES string of the molecule is Cc1[nH]ncc1CN1C[C@@H]2C[C@H](C1)c1ccc(C(=O)N3CCC[C@H]3CO)c(=O)n1C2. The molecule has 2 fully saturated rings. The van der Waals surface area contributed by atoms with E-state index in [9.17, 15) is 14.7 Å². The van der Waals surface area contributed by atoms with Gasteiger partial charge in [-0.05, 0) is 44.2 Å². The van der Waals surface area contributed by atoms with Crippen molar-refractivity contribution in [3.05, 3.63) is 51.2 Å². The lowest BCUT2D eigenvalue weighted by molar-refractivity contribution is 0.0673. The van der Waals surface area contributed by atoms with Gasteiger partial charge in [-0.25, -0.2) is 0 Å². The summed E-state index contributed by atoms with van der Waals surface area (Å²) in [6.07, 6.45) is 4.66. The summed E-state index contributed by atoms with van der Waals surface area (Å²) >= 11 is 0. The molecule has 0 radical (unpaired) electrons. The summed E-state index contributed by atoms with van der Waals surface area (Å²) < 4.78 is 1.84. The third-order valence-corrected chi connectivity index (χ3v) is 7.09. The highest BCUT2D eigenvalue weighted by atomic mass is 16.3. The molecule has 0 aliphatic carbocycles. The number of nitrogens with one attached hydrogen (secondary N) is 1. The fraction of sp³-hybridized carbons (Fsp3) is 0.591. The number of amides is 1. The van der Waals surface area contributed by atoms with Gasteiger partial charge < -0.3 is 14.6 Å². The highest BCUT2D eigenvalue weighted by molar-refractivity contribution is 5.94. The molecule has 3 aliphatic rings. The predicted octanol–water partition coefficient (Wildman–Crippen LogP) is 1.10. The van der Waals surface area contributed by atoms with Gasteiger partial charge in [-0.3, -0.25) is 19.6 Å². The fourth-order valence-corrected chi connectivity index (χ4v) is 5.56.